The Morgan fingerprint density at radius 1 is 1.30 bits per heavy atom. The first kappa shape index (κ1) is 27.7. The number of aliphatic hydroxyl groups excluding tert-OH is 1. The second-order valence-corrected chi connectivity index (χ2v) is 12.4. The maximum absolute atomic E-state index is 14.6. The Kier molecular flexibility index (Phi) is 7.84. The molecule has 1 N–H and O–H groups in total. The second-order valence-electron chi connectivity index (χ2n) is 10.5. The van der Waals surface area contributed by atoms with Gasteiger partial charge in [-0.15, -0.1) is 24.9 Å². The van der Waals surface area contributed by atoms with Gasteiger partial charge in [-0.2, -0.15) is 0 Å². The highest BCUT2D eigenvalue weighted by Crippen LogP contribution is 2.69. The van der Waals surface area contributed by atoms with Gasteiger partial charge in [-0.25, -0.2) is 0 Å². The summed E-state index contributed by atoms with van der Waals surface area (Å²) in [4.78, 5) is 47.2. The first-order chi connectivity index (χ1) is 17.6. The third kappa shape index (κ3) is 4.12. The van der Waals surface area contributed by atoms with E-state index in [1.54, 1.807) is 58.7 Å². The van der Waals surface area contributed by atoms with E-state index in [0.717, 1.165) is 12.0 Å². The molecule has 200 valence electrons. The number of para-hydroxylation sites is 1. The number of benzene rings is 1. The third-order valence-corrected chi connectivity index (χ3v) is 10.6. The van der Waals surface area contributed by atoms with Crippen molar-refractivity contribution < 1.29 is 19.5 Å². The van der Waals surface area contributed by atoms with Crippen LogP contribution in [-0.2, 0) is 14.4 Å². The summed E-state index contributed by atoms with van der Waals surface area (Å²) in [5, 5.41) is 10.5. The number of likely N-dealkylation sites (N-methyl/N-ethyl adjacent to an activating group) is 1. The van der Waals surface area contributed by atoms with Gasteiger partial charge in [-0.1, -0.05) is 42.8 Å². The number of nitrogens with zero attached hydrogens (tertiary/aromatic N) is 3. The molecule has 3 amide bonds. The standard InChI is InChI=1S/C28H36ClN3O4S/c1-7-12-30(6)25(34)21-20-14-17(4)28(37-20)22(21)26(35)32(18(5)15-33)24(28)27(36)31(13-8-2)23-16(3)10-9-11-19(23)29/h7-11,17-18,20-22,24,33H,1-2,12-15H2,3-6H3/t17?,18-,20-,21+,22+,24?,28?/m1/s1. The lowest BCUT2D eigenvalue weighted by Gasteiger charge is -2.42. The van der Waals surface area contributed by atoms with Crippen LogP contribution in [0.25, 0.3) is 0 Å². The lowest BCUT2D eigenvalue weighted by molar-refractivity contribution is -0.144. The van der Waals surface area contributed by atoms with Crippen LogP contribution in [0.1, 0.15) is 25.8 Å². The first-order valence-corrected chi connectivity index (χ1v) is 14.0. The van der Waals surface area contributed by atoms with E-state index in [9.17, 15) is 19.5 Å². The van der Waals surface area contributed by atoms with Crippen molar-refractivity contribution in [1.29, 1.82) is 0 Å². The van der Waals surface area contributed by atoms with Gasteiger partial charge in [0, 0.05) is 25.4 Å². The van der Waals surface area contributed by atoms with Crippen LogP contribution in [-0.4, -0.2) is 81.5 Å². The SMILES string of the molecule is C=CCN(C)C(=O)[C@@H]1[C@H]2C(=O)N([C@H](C)CO)C(C(=O)N(CC=C)c3c(C)cccc3Cl)C23S[C@@H]1CC3C. The first-order valence-electron chi connectivity index (χ1n) is 12.7. The summed E-state index contributed by atoms with van der Waals surface area (Å²) >= 11 is 8.22. The number of amides is 3. The summed E-state index contributed by atoms with van der Waals surface area (Å²) in [7, 11) is 1.72. The fraction of sp³-hybridized carbons (Fsp3) is 0.536. The molecule has 3 fully saturated rings. The Balaban J connectivity index is 1.86. The molecule has 3 unspecified atom stereocenters. The molecule has 3 heterocycles. The average molecular weight is 546 g/mol. The number of hydrogen-bond acceptors (Lipinski definition) is 5. The van der Waals surface area contributed by atoms with E-state index in [1.807, 2.05) is 19.1 Å². The predicted molar refractivity (Wildman–Crippen MR) is 149 cm³/mol. The van der Waals surface area contributed by atoms with Crippen molar-refractivity contribution in [3.05, 3.63) is 54.1 Å². The number of rotatable bonds is 9. The number of aliphatic hydroxyl groups is 1. The van der Waals surface area contributed by atoms with Gasteiger partial charge >= 0.3 is 0 Å². The summed E-state index contributed by atoms with van der Waals surface area (Å²) in [5.41, 5.74) is 1.42. The van der Waals surface area contributed by atoms with Crippen molar-refractivity contribution in [1.82, 2.24) is 9.80 Å². The van der Waals surface area contributed by atoms with Crippen LogP contribution >= 0.6 is 23.4 Å². The van der Waals surface area contributed by atoms with Crippen LogP contribution in [0.2, 0.25) is 5.02 Å². The van der Waals surface area contributed by atoms with Crippen LogP contribution in [0.3, 0.4) is 0 Å². The van der Waals surface area contributed by atoms with Gasteiger partial charge in [0.2, 0.25) is 11.8 Å². The van der Waals surface area contributed by atoms with Crippen LogP contribution in [0.15, 0.2) is 43.5 Å². The number of aryl methyl sites for hydroxylation is 1. The molecule has 0 aliphatic carbocycles. The molecular formula is C28H36ClN3O4S. The number of fused-ring (bicyclic) bond motifs is 1. The van der Waals surface area contributed by atoms with Gasteiger partial charge in [0.15, 0.2) is 0 Å². The minimum atomic E-state index is -0.852. The van der Waals surface area contributed by atoms with E-state index < -0.39 is 28.7 Å². The minimum Gasteiger partial charge on any atom is -0.394 e. The minimum absolute atomic E-state index is 0.0213. The Labute approximate surface area is 228 Å². The molecular weight excluding hydrogens is 510 g/mol. The van der Waals surface area contributed by atoms with Crippen LogP contribution in [0.4, 0.5) is 5.69 Å². The summed E-state index contributed by atoms with van der Waals surface area (Å²) in [6.07, 6.45) is 4.05. The number of anilines is 1. The van der Waals surface area contributed by atoms with Gasteiger partial charge in [0.25, 0.3) is 5.91 Å². The van der Waals surface area contributed by atoms with E-state index in [-0.39, 0.29) is 42.0 Å². The molecule has 7 atom stereocenters. The van der Waals surface area contributed by atoms with E-state index >= 15 is 0 Å². The van der Waals surface area contributed by atoms with Crippen molar-refractivity contribution >= 4 is 46.8 Å². The summed E-state index contributed by atoms with van der Waals surface area (Å²) in [6.45, 7) is 13.6. The summed E-state index contributed by atoms with van der Waals surface area (Å²) in [5.74, 6) is -1.75. The molecule has 3 saturated heterocycles. The quantitative estimate of drug-likeness (QED) is 0.480. The number of thioether (sulfide) groups is 1. The summed E-state index contributed by atoms with van der Waals surface area (Å²) in [6, 6.07) is 4.02. The zero-order valence-corrected chi connectivity index (χ0v) is 23.5. The largest absolute Gasteiger partial charge is 0.394 e. The van der Waals surface area contributed by atoms with Gasteiger partial charge in [0.05, 0.1) is 39.9 Å². The molecule has 0 aromatic heterocycles. The van der Waals surface area contributed by atoms with Gasteiger partial charge in [-0.05, 0) is 37.8 Å². The summed E-state index contributed by atoms with van der Waals surface area (Å²) < 4.78 is -0.786. The maximum atomic E-state index is 14.6. The van der Waals surface area contributed by atoms with Crippen LogP contribution in [0.5, 0.6) is 0 Å². The number of halogens is 1. The van der Waals surface area contributed by atoms with Gasteiger partial charge in [-0.3, -0.25) is 14.4 Å². The molecule has 0 radical (unpaired) electrons. The molecule has 1 aromatic rings. The average Bonchev–Trinajstić information content (AvgIpc) is 3.45. The normalized spacial score (nSPS) is 30.7. The Bertz CT molecular complexity index is 1110. The highest BCUT2D eigenvalue weighted by atomic mass is 35.5. The van der Waals surface area contributed by atoms with Crippen molar-refractivity contribution in [2.75, 3.05) is 31.6 Å². The molecule has 7 nitrogen and oxygen atoms in total. The number of hydrogen-bond donors (Lipinski definition) is 1. The highest BCUT2D eigenvalue weighted by molar-refractivity contribution is 8.02. The van der Waals surface area contributed by atoms with E-state index in [4.69, 9.17) is 11.6 Å². The second kappa shape index (κ2) is 10.5. The zero-order chi connectivity index (χ0) is 27.2. The van der Waals surface area contributed by atoms with Crippen molar-refractivity contribution in [2.45, 2.75) is 49.3 Å². The molecule has 37 heavy (non-hydrogen) atoms. The molecule has 2 bridgehead atoms. The molecule has 0 saturated carbocycles. The predicted octanol–water partition coefficient (Wildman–Crippen LogP) is 3.53. The molecule has 1 aromatic carbocycles. The van der Waals surface area contributed by atoms with Crippen LogP contribution < -0.4 is 4.90 Å². The smallest absolute Gasteiger partial charge is 0.251 e. The Morgan fingerprint density at radius 2 is 1.97 bits per heavy atom. The Hall–Kier alpha value is -2.29. The Morgan fingerprint density at radius 3 is 2.57 bits per heavy atom. The fourth-order valence-electron chi connectivity index (χ4n) is 6.65. The van der Waals surface area contributed by atoms with Gasteiger partial charge < -0.3 is 19.8 Å². The topological polar surface area (TPSA) is 81.2 Å². The lowest BCUT2D eigenvalue weighted by atomic mass is 9.65. The fourth-order valence-corrected chi connectivity index (χ4v) is 9.37. The monoisotopic (exact) mass is 545 g/mol. The lowest BCUT2D eigenvalue weighted by Crippen LogP contribution is -2.59. The van der Waals surface area contributed by atoms with E-state index in [2.05, 4.69) is 20.1 Å². The number of carbonyl (C=O) groups is 3. The van der Waals surface area contributed by atoms with Crippen molar-refractivity contribution in [3.63, 3.8) is 0 Å². The van der Waals surface area contributed by atoms with Gasteiger partial charge in [0.1, 0.15) is 6.04 Å². The van der Waals surface area contributed by atoms with Crippen molar-refractivity contribution in [3.8, 4) is 0 Å². The molecule has 3 aliphatic heterocycles. The molecule has 4 rings (SSSR count). The molecule has 9 heteroatoms. The van der Waals surface area contributed by atoms with Crippen molar-refractivity contribution in [2.24, 2.45) is 17.8 Å². The maximum Gasteiger partial charge on any atom is 0.251 e. The number of likely N-dealkylation sites (tertiary alicyclic amines) is 1. The molecule has 3 aliphatic rings. The molecule has 1 spiro atoms. The van der Waals surface area contributed by atoms with E-state index in [1.165, 1.54) is 0 Å². The van der Waals surface area contributed by atoms with Crippen LogP contribution in [0, 0.1) is 24.7 Å². The van der Waals surface area contributed by atoms with E-state index in [0.29, 0.717) is 17.3 Å². The highest BCUT2D eigenvalue weighted by Gasteiger charge is 2.76. The zero-order valence-electron chi connectivity index (χ0n) is 21.9. The number of carbonyl (C=O) groups excluding carboxylic acids is 3. The third-order valence-electron chi connectivity index (χ3n) is 8.26.